The highest BCUT2D eigenvalue weighted by atomic mass is 79.9. The van der Waals surface area contributed by atoms with E-state index in [1.807, 2.05) is 0 Å². The van der Waals surface area contributed by atoms with Crippen LogP contribution >= 0.6 is 50.7 Å². The highest BCUT2D eigenvalue weighted by molar-refractivity contribution is 9.18. The molecule has 0 aliphatic heterocycles. The van der Waals surface area contributed by atoms with Crippen molar-refractivity contribution < 1.29 is 9.53 Å². The van der Waals surface area contributed by atoms with Crippen LogP contribution in [0.15, 0.2) is 0 Å². The summed E-state index contributed by atoms with van der Waals surface area (Å²) in [5.74, 6) is -0.130. The molecule has 1 rings (SSSR count). The van der Waals surface area contributed by atoms with Gasteiger partial charge < -0.3 is 4.74 Å². The Bertz CT molecular complexity index is 337. The second-order valence-corrected chi connectivity index (χ2v) is 3.44. The minimum Gasteiger partial charge on any atom is -0.412 e. The maximum atomic E-state index is 10.5. The highest BCUT2D eigenvalue weighted by Crippen LogP contribution is 2.31. The zero-order chi connectivity index (χ0) is 10.0. The molecule has 0 bridgehead atoms. The first-order valence-electron chi connectivity index (χ1n) is 2.76. The minimum absolute atomic E-state index is 0.121. The van der Waals surface area contributed by atoms with Crippen LogP contribution in [0.5, 0.6) is 5.75 Å². The molecule has 13 heavy (non-hydrogen) atoms. The maximum absolute atomic E-state index is 10.5. The van der Waals surface area contributed by atoms with Crippen molar-refractivity contribution in [3.8, 4) is 5.75 Å². The lowest BCUT2D eigenvalue weighted by atomic mass is 10.6. The first kappa shape index (κ1) is 11.0. The van der Waals surface area contributed by atoms with Gasteiger partial charge in [0.05, 0.1) is 0 Å². The maximum Gasteiger partial charge on any atom is 0.380 e. The summed E-state index contributed by atoms with van der Waals surface area (Å²) in [5.41, 5.74) is 0. The molecule has 0 radical (unpaired) electrons. The standard InChI is InChI=1S/C5BrCl3N2O2/c6-4(12)13-1-2(7)10-5(9)11-3(1)8. The summed E-state index contributed by atoms with van der Waals surface area (Å²) in [6, 6.07) is 0. The first-order chi connectivity index (χ1) is 6.00. The molecule has 1 heterocycles. The molecule has 0 unspecified atom stereocenters. The summed E-state index contributed by atoms with van der Waals surface area (Å²) in [4.78, 5) is 16.8. The van der Waals surface area contributed by atoms with E-state index >= 15 is 0 Å². The van der Waals surface area contributed by atoms with Crippen molar-refractivity contribution >= 4 is 55.6 Å². The smallest absolute Gasteiger partial charge is 0.380 e. The summed E-state index contributed by atoms with van der Waals surface area (Å²) in [7, 11) is 0. The van der Waals surface area contributed by atoms with Gasteiger partial charge in [-0.2, -0.15) is 0 Å². The molecule has 0 aliphatic carbocycles. The number of carbonyl (C=O) groups excluding carboxylic acids is 1. The molecule has 8 heteroatoms. The van der Waals surface area contributed by atoms with Crippen LogP contribution in [0, 0.1) is 0 Å². The number of rotatable bonds is 1. The number of aromatic nitrogens is 2. The molecule has 0 aromatic carbocycles. The molecule has 0 aliphatic rings. The second-order valence-electron chi connectivity index (χ2n) is 1.74. The Balaban J connectivity index is 3.13. The molecule has 1 aromatic heterocycles. The van der Waals surface area contributed by atoms with Crippen molar-refractivity contribution in [3.63, 3.8) is 0 Å². The van der Waals surface area contributed by atoms with Crippen molar-refractivity contribution in [2.24, 2.45) is 0 Å². The van der Waals surface area contributed by atoms with Gasteiger partial charge in [0, 0.05) is 15.9 Å². The van der Waals surface area contributed by atoms with Gasteiger partial charge in [-0.05, 0) is 11.6 Å². The summed E-state index contributed by atoms with van der Waals surface area (Å²) < 4.78 is 4.56. The number of nitrogens with zero attached hydrogens (tertiary/aromatic N) is 2. The molecule has 70 valence electrons. The van der Waals surface area contributed by atoms with Crippen molar-refractivity contribution in [1.29, 1.82) is 0 Å². The molecule has 0 spiro atoms. The number of carbonyl (C=O) groups is 1. The van der Waals surface area contributed by atoms with Gasteiger partial charge in [0.2, 0.25) is 11.0 Å². The Morgan fingerprint density at radius 1 is 1.23 bits per heavy atom. The van der Waals surface area contributed by atoms with Gasteiger partial charge in [-0.3, -0.25) is 0 Å². The number of ether oxygens (including phenoxy) is 1. The summed E-state index contributed by atoms with van der Waals surface area (Å²) in [6.45, 7) is 0. The molecule has 0 saturated heterocycles. The van der Waals surface area contributed by atoms with Gasteiger partial charge in [0.1, 0.15) is 0 Å². The zero-order valence-electron chi connectivity index (χ0n) is 5.72. The predicted molar refractivity (Wildman–Crippen MR) is 52.0 cm³/mol. The van der Waals surface area contributed by atoms with E-state index in [9.17, 15) is 4.79 Å². The van der Waals surface area contributed by atoms with Crippen molar-refractivity contribution in [2.75, 3.05) is 0 Å². The van der Waals surface area contributed by atoms with E-state index in [0.717, 1.165) is 0 Å². The lowest BCUT2D eigenvalue weighted by Crippen LogP contribution is -1.99. The topological polar surface area (TPSA) is 52.1 Å². The minimum atomic E-state index is -0.748. The van der Waals surface area contributed by atoms with Gasteiger partial charge in [0.25, 0.3) is 0 Å². The van der Waals surface area contributed by atoms with E-state index in [-0.39, 0.29) is 21.3 Å². The van der Waals surface area contributed by atoms with Gasteiger partial charge in [0.15, 0.2) is 10.3 Å². The summed E-state index contributed by atoms with van der Waals surface area (Å²) >= 11 is 19.1. The molecule has 0 atom stereocenters. The average Bonchev–Trinajstić information content (AvgIpc) is 1.96. The van der Waals surface area contributed by atoms with Crippen molar-refractivity contribution in [1.82, 2.24) is 9.97 Å². The van der Waals surface area contributed by atoms with Gasteiger partial charge in [-0.25, -0.2) is 14.8 Å². The zero-order valence-corrected chi connectivity index (χ0v) is 9.58. The van der Waals surface area contributed by atoms with E-state index in [1.54, 1.807) is 0 Å². The monoisotopic (exact) mass is 304 g/mol. The number of halogens is 4. The molecule has 0 N–H and O–H groups in total. The Labute approximate surface area is 96.3 Å². The number of hydrogen-bond donors (Lipinski definition) is 0. The van der Waals surface area contributed by atoms with E-state index in [4.69, 9.17) is 34.8 Å². The van der Waals surface area contributed by atoms with Crippen LogP contribution in [0.2, 0.25) is 15.6 Å². The van der Waals surface area contributed by atoms with Crippen molar-refractivity contribution in [2.45, 2.75) is 0 Å². The lowest BCUT2D eigenvalue weighted by molar-refractivity contribution is 0.228. The molecular weight excluding hydrogens is 306 g/mol. The van der Waals surface area contributed by atoms with Crippen molar-refractivity contribution in [3.05, 3.63) is 15.6 Å². The average molecular weight is 306 g/mol. The third-order valence-corrected chi connectivity index (χ3v) is 1.78. The Kier molecular flexibility index (Phi) is 3.73. The number of hydrogen-bond acceptors (Lipinski definition) is 4. The van der Waals surface area contributed by atoms with Crippen LogP contribution in [0.1, 0.15) is 0 Å². The fourth-order valence-electron chi connectivity index (χ4n) is 0.538. The third kappa shape index (κ3) is 2.95. The first-order valence-corrected chi connectivity index (χ1v) is 4.69. The van der Waals surface area contributed by atoms with E-state index in [2.05, 4.69) is 30.6 Å². The molecule has 1 aromatic rings. The Morgan fingerprint density at radius 3 is 2.08 bits per heavy atom. The van der Waals surface area contributed by atoms with Gasteiger partial charge in [-0.15, -0.1) is 0 Å². The van der Waals surface area contributed by atoms with E-state index in [1.165, 1.54) is 0 Å². The summed E-state index contributed by atoms with van der Waals surface area (Å²) in [5, 5.41) is -0.375. The Morgan fingerprint density at radius 2 is 1.69 bits per heavy atom. The molecule has 0 amide bonds. The predicted octanol–water partition coefficient (Wildman–Crippen LogP) is 3.33. The fourth-order valence-corrected chi connectivity index (χ4v) is 1.42. The Hall–Kier alpha value is -0.100. The molecular formula is C5BrCl3N2O2. The second kappa shape index (κ2) is 4.41. The third-order valence-electron chi connectivity index (χ3n) is 0.938. The molecule has 0 fully saturated rings. The summed E-state index contributed by atoms with van der Waals surface area (Å²) in [6.07, 6.45) is 0. The van der Waals surface area contributed by atoms with Gasteiger partial charge in [-0.1, -0.05) is 23.2 Å². The van der Waals surface area contributed by atoms with Gasteiger partial charge >= 0.3 is 4.88 Å². The fraction of sp³-hybridized carbons (Fsp3) is 0. The van der Waals surface area contributed by atoms with E-state index in [0.29, 0.717) is 0 Å². The van der Waals surface area contributed by atoms with E-state index < -0.39 is 4.88 Å². The molecule has 4 nitrogen and oxygen atoms in total. The molecule has 0 saturated carbocycles. The normalized spacial score (nSPS) is 9.85. The van der Waals surface area contributed by atoms with Crippen LogP contribution < -0.4 is 4.74 Å². The SMILES string of the molecule is O=C(Br)Oc1c(Cl)nc(Cl)nc1Cl. The largest absolute Gasteiger partial charge is 0.412 e. The van der Waals surface area contributed by atoms with Crippen LogP contribution in [0.25, 0.3) is 0 Å². The van der Waals surface area contributed by atoms with Crippen LogP contribution in [0.4, 0.5) is 4.79 Å². The highest BCUT2D eigenvalue weighted by Gasteiger charge is 2.14. The quantitative estimate of drug-likeness (QED) is 0.454. The van der Waals surface area contributed by atoms with Crippen LogP contribution in [0.3, 0.4) is 0 Å². The van der Waals surface area contributed by atoms with Crippen LogP contribution in [-0.4, -0.2) is 14.8 Å². The lowest BCUT2D eigenvalue weighted by Gasteiger charge is -2.03. The van der Waals surface area contributed by atoms with Crippen LogP contribution in [-0.2, 0) is 0 Å².